The maximum atomic E-state index is 13.4. The third-order valence-electron chi connectivity index (χ3n) is 6.47. The first-order valence-corrected chi connectivity index (χ1v) is 12.8. The molecule has 0 saturated heterocycles. The predicted molar refractivity (Wildman–Crippen MR) is 139 cm³/mol. The first kappa shape index (κ1) is 23.7. The van der Waals surface area contributed by atoms with Crippen LogP contribution in [0, 0.1) is 5.41 Å². The highest BCUT2D eigenvalue weighted by atomic mass is 35.5. The Labute approximate surface area is 213 Å². The molecular formula is C27H26ClN3O3S. The number of nitrogens with one attached hydrogen (secondary N) is 2. The van der Waals surface area contributed by atoms with E-state index in [1.54, 1.807) is 7.11 Å². The summed E-state index contributed by atoms with van der Waals surface area (Å²) in [6, 6.07) is 15.1. The number of halogens is 1. The van der Waals surface area contributed by atoms with Crippen molar-refractivity contribution >= 4 is 35.0 Å². The standard InChI is InChI=1S/C27H26ClN3O3S/c1-27(2)12-19-22(20(32)13-27)21(15-8-10-17(34-3)11-9-15)23-24(29-19)30-26(31-25(23)33)35-14-16-6-4-5-7-18(16)28/h4-11,21H,12-14H2,1-3H3,(H2,29,30,31,33)/t21-/m0/s1. The van der Waals surface area contributed by atoms with Gasteiger partial charge in [0.2, 0.25) is 0 Å². The fourth-order valence-electron chi connectivity index (χ4n) is 4.85. The number of ketones is 1. The van der Waals surface area contributed by atoms with Crippen molar-refractivity contribution in [3.05, 3.63) is 91.9 Å². The van der Waals surface area contributed by atoms with E-state index in [2.05, 4.69) is 24.1 Å². The number of hydrogen-bond donors (Lipinski definition) is 2. The summed E-state index contributed by atoms with van der Waals surface area (Å²) in [5, 5.41) is 4.54. The van der Waals surface area contributed by atoms with E-state index in [4.69, 9.17) is 21.3 Å². The van der Waals surface area contributed by atoms with Crippen LogP contribution in [0.2, 0.25) is 5.02 Å². The second-order valence-corrected chi connectivity index (χ2v) is 11.0. The van der Waals surface area contributed by atoms with Crippen molar-refractivity contribution in [2.75, 3.05) is 12.4 Å². The van der Waals surface area contributed by atoms with Crippen LogP contribution in [0.3, 0.4) is 0 Å². The number of hydrogen-bond acceptors (Lipinski definition) is 6. The van der Waals surface area contributed by atoms with Crippen molar-refractivity contribution in [2.45, 2.75) is 43.5 Å². The number of aromatic amines is 1. The maximum absolute atomic E-state index is 13.4. The van der Waals surface area contributed by atoms with E-state index < -0.39 is 5.92 Å². The highest BCUT2D eigenvalue weighted by Gasteiger charge is 2.42. The number of carbonyl (C=O) groups excluding carboxylic acids is 1. The molecule has 180 valence electrons. The summed E-state index contributed by atoms with van der Waals surface area (Å²) in [4.78, 5) is 34.5. The van der Waals surface area contributed by atoms with Gasteiger partial charge in [0.15, 0.2) is 10.9 Å². The van der Waals surface area contributed by atoms with Crippen LogP contribution >= 0.6 is 23.4 Å². The predicted octanol–water partition coefficient (Wildman–Crippen LogP) is 5.92. The summed E-state index contributed by atoms with van der Waals surface area (Å²) in [5.74, 6) is 1.36. The van der Waals surface area contributed by atoms with Crippen LogP contribution in [0.4, 0.5) is 5.82 Å². The van der Waals surface area contributed by atoms with E-state index >= 15 is 0 Å². The van der Waals surface area contributed by atoms with Crippen LogP contribution in [0.15, 0.2) is 69.8 Å². The van der Waals surface area contributed by atoms with Crippen LogP contribution in [0.5, 0.6) is 5.75 Å². The molecule has 1 aliphatic carbocycles. The molecule has 2 N–H and O–H groups in total. The Bertz CT molecular complexity index is 1400. The normalized spacial score (nSPS) is 18.5. The van der Waals surface area contributed by atoms with Crippen molar-refractivity contribution in [2.24, 2.45) is 5.41 Å². The van der Waals surface area contributed by atoms with Crippen LogP contribution in [-0.4, -0.2) is 22.9 Å². The van der Waals surface area contributed by atoms with Crippen molar-refractivity contribution in [3.63, 3.8) is 0 Å². The number of anilines is 1. The summed E-state index contributed by atoms with van der Waals surface area (Å²) in [7, 11) is 1.61. The molecule has 2 heterocycles. The van der Waals surface area contributed by atoms with Crippen molar-refractivity contribution < 1.29 is 9.53 Å². The van der Waals surface area contributed by atoms with E-state index in [0.29, 0.717) is 51.5 Å². The molecule has 1 aliphatic heterocycles. The Kier molecular flexibility index (Phi) is 6.23. The number of fused-ring (bicyclic) bond motifs is 1. The second kappa shape index (κ2) is 9.21. The lowest BCUT2D eigenvalue weighted by molar-refractivity contribution is -0.118. The molecule has 0 radical (unpaired) electrons. The smallest absolute Gasteiger partial charge is 0.257 e. The molecule has 6 nitrogen and oxygen atoms in total. The fourth-order valence-corrected chi connectivity index (χ4v) is 6.00. The van der Waals surface area contributed by atoms with Crippen molar-refractivity contribution in [1.29, 1.82) is 0 Å². The number of rotatable bonds is 5. The summed E-state index contributed by atoms with van der Waals surface area (Å²) in [5.41, 5.74) is 3.36. The van der Waals surface area contributed by atoms with E-state index in [1.165, 1.54) is 11.8 Å². The average Bonchev–Trinajstić information content (AvgIpc) is 2.81. The minimum Gasteiger partial charge on any atom is -0.497 e. The summed E-state index contributed by atoms with van der Waals surface area (Å²) in [6.07, 6.45) is 1.14. The van der Waals surface area contributed by atoms with Gasteiger partial charge in [-0.15, -0.1) is 0 Å². The highest BCUT2D eigenvalue weighted by molar-refractivity contribution is 7.98. The molecule has 0 saturated carbocycles. The van der Waals surface area contributed by atoms with E-state index in [-0.39, 0.29) is 16.8 Å². The SMILES string of the molecule is COc1ccc([C@H]2C3=C(CC(C)(C)CC3=O)Nc3nc(SCc4ccccc4Cl)[nH]c(=O)c32)cc1. The number of ether oxygens (including phenoxy) is 1. The highest BCUT2D eigenvalue weighted by Crippen LogP contribution is 2.47. The zero-order valence-corrected chi connectivity index (χ0v) is 21.3. The zero-order valence-electron chi connectivity index (χ0n) is 19.8. The summed E-state index contributed by atoms with van der Waals surface area (Å²) >= 11 is 7.71. The Morgan fingerprint density at radius 2 is 1.86 bits per heavy atom. The maximum Gasteiger partial charge on any atom is 0.257 e. The third-order valence-corrected chi connectivity index (χ3v) is 7.76. The molecule has 5 rings (SSSR count). The van der Waals surface area contributed by atoms with Crippen LogP contribution in [0.1, 0.15) is 49.3 Å². The van der Waals surface area contributed by atoms with Gasteiger partial charge in [-0.25, -0.2) is 4.98 Å². The number of methoxy groups -OCH3 is 1. The van der Waals surface area contributed by atoms with Crippen molar-refractivity contribution in [3.8, 4) is 5.75 Å². The molecule has 0 unspecified atom stereocenters. The monoisotopic (exact) mass is 507 g/mol. The van der Waals surface area contributed by atoms with E-state index in [1.807, 2.05) is 48.5 Å². The lowest BCUT2D eigenvalue weighted by Gasteiger charge is -2.38. The molecule has 0 spiro atoms. The third kappa shape index (κ3) is 4.62. The second-order valence-electron chi connectivity index (χ2n) is 9.68. The molecule has 2 aromatic carbocycles. The van der Waals surface area contributed by atoms with E-state index in [0.717, 1.165) is 16.8 Å². The van der Waals surface area contributed by atoms with Gasteiger partial charge in [-0.2, -0.15) is 0 Å². The Hall–Kier alpha value is -3.03. The zero-order chi connectivity index (χ0) is 24.7. The topological polar surface area (TPSA) is 84.1 Å². The molecule has 0 bridgehead atoms. The lowest BCUT2D eigenvalue weighted by atomic mass is 9.69. The Balaban J connectivity index is 1.58. The molecule has 0 fully saturated rings. The summed E-state index contributed by atoms with van der Waals surface area (Å²) in [6.45, 7) is 4.18. The number of benzene rings is 2. The minimum atomic E-state index is -0.491. The van der Waals surface area contributed by atoms with Gasteiger partial charge in [0.05, 0.1) is 12.7 Å². The van der Waals surface area contributed by atoms with Crippen molar-refractivity contribution in [1.82, 2.24) is 9.97 Å². The number of nitrogens with zero attached hydrogens (tertiary/aromatic N) is 1. The van der Waals surface area contributed by atoms with Crippen LogP contribution in [-0.2, 0) is 10.5 Å². The molecule has 1 atom stereocenters. The molecule has 1 aromatic heterocycles. The minimum absolute atomic E-state index is 0.0618. The van der Waals surface area contributed by atoms with Crippen LogP contribution in [0.25, 0.3) is 0 Å². The largest absolute Gasteiger partial charge is 0.497 e. The average molecular weight is 508 g/mol. The number of allylic oxidation sites excluding steroid dienone is 2. The molecular weight excluding hydrogens is 482 g/mol. The molecule has 0 amide bonds. The number of thioether (sulfide) groups is 1. The molecule has 35 heavy (non-hydrogen) atoms. The summed E-state index contributed by atoms with van der Waals surface area (Å²) < 4.78 is 5.31. The number of H-pyrrole nitrogens is 1. The first-order valence-electron chi connectivity index (χ1n) is 11.4. The van der Waals surface area contributed by atoms with Gasteiger partial charge in [0.25, 0.3) is 5.56 Å². The lowest BCUT2D eigenvalue weighted by Crippen LogP contribution is -2.37. The number of carbonyl (C=O) groups is 1. The number of aromatic nitrogens is 2. The van der Waals surface area contributed by atoms with Gasteiger partial charge in [0, 0.05) is 34.4 Å². The van der Waals surface area contributed by atoms with E-state index in [9.17, 15) is 9.59 Å². The first-order chi connectivity index (χ1) is 16.8. The van der Waals surface area contributed by atoms with Gasteiger partial charge in [-0.3, -0.25) is 9.59 Å². The number of Topliss-reactive ketones (excluding diaryl/α,β-unsaturated/α-hetero) is 1. The van der Waals surface area contributed by atoms with Gasteiger partial charge < -0.3 is 15.0 Å². The Morgan fingerprint density at radius 3 is 2.57 bits per heavy atom. The van der Waals surface area contributed by atoms with Gasteiger partial charge in [-0.05, 0) is 41.2 Å². The fraction of sp³-hybridized carbons (Fsp3) is 0.296. The molecule has 8 heteroatoms. The Morgan fingerprint density at radius 1 is 1.11 bits per heavy atom. The van der Waals surface area contributed by atoms with Gasteiger partial charge in [-0.1, -0.05) is 67.5 Å². The molecule has 3 aromatic rings. The van der Waals surface area contributed by atoms with Gasteiger partial charge >= 0.3 is 0 Å². The quantitative estimate of drug-likeness (QED) is 0.329. The molecule has 2 aliphatic rings. The van der Waals surface area contributed by atoms with Crippen LogP contribution < -0.4 is 15.6 Å². The van der Waals surface area contributed by atoms with Gasteiger partial charge in [0.1, 0.15) is 11.6 Å².